The highest BCUT2D eigenvalue weighted by atomic mass is 16.2. The van der Waals surface area contributed by atoms with Crippen molar-refractivity contribution in [1.29, 1.82) is 0 Å². The Morgan fingerprint density at radius 1 is 1.06 bits per heavy atom. The number of ketones is 1. The quantitative estimate of drug-likeness (QED) is 0.331. The standard InChI is InChI=1S/C23H35N5O3/c1-14(2)21(29)19(10-7-11-25-23(24)31)28-22(30)20(27-15(3)4)12-16-13-26-18-9-6-5-8-17(16)18/h5-6,8-9,13-15,19-20,26-27H,7,10-12H2,1-4H3,(H,28,30)(H3,24,25,31)/t19-,20+/m1/s1. The van der Waals surface area contributed by atoms with Gasteiger partial charge in [0.2, 0.25) is 5.91 Å². The predicted octanol–water partition coefficient (Wildman–Crippen LogP) is 2.24. The third-order valence-corrected chi connectivity index (χ3v) is 5.15. The molecule has 0 aliphatic carbocycles. The molecule has 1 heterocycles. The van der Waals surface area contributed by atoms with E-state index >= 15 is 0 Å². The zero-order chi connectivity index (χ0) is 23.0. The molecule has 0 radical (unpaired) electrons. The van der Waals surface area contributed by atoms with Crippen molar-refractivity contribution in [3.63, 3.8) is 0 Å². The number of Topliss-reactive ketones (excluding diaryl/α,β-unsaturated/α-hetero) is 1. The first-order valence-electron chi connectivity index (χ1n) is 10.9. The molecule has 6 N–H and O–H groups in total. The van der Waals surface area contributed by atoms with Gasteiger partial charge in [-0.25, -0.2) is 4.79 Å². The number of nitrogens with two attached hydrogens (primary N) is 1. The van der Waals surface area contributed by atoms with Gasteiger partial charge in [-0.2, -0.15) is 0 Å². The lowest BCUT2D eigenvalue weighted by Crippen LogP contribution is -2.53. The van der Waals surface area contributed by atoms with Crippen molar-refractivity contribution >= 4 is 28.6 Å². The molecular weight excluding hydrogens is 394 g/mol. The molecule has 3 amide bonds. The number of hydrogen-bond donors (Lipinski definition) is 5. The number of aromatic amines is 1. The zero-order valence-electron chi connectivity index (χ0n) is 18.8. The van der Waals surface area contributed by atoms with Gasteiger partial charge in [-0.1, -0.05) is 45.9 Å². The Morgan fingerprint density at radius 3 is 2.42 bits per heavy atom. The Morgan fingerprint density at radius 2 is 1.77 bits per heavy atom. The Hall–Kier alpha value is -2.87. The van der Waals surface area contributed by atoms with Crippen LogP contribution in [0.1, 0.15) is 46.1 Å². The molecule has 1 aromatic carbocycles. The fourth-order valence-electron chi connectivity index (χ4n) is 3.63. The summed E-state index contributed by atoms with van der Waals surface area (Å²) in [4.78, 5) is 40.0. The topological polar surface area (TPSA) is 129 Å². The van der Waals surface area contributed by atoms with Crippen LogP contribution in [0.15, 0.2) is 30.5 Å². The predicted molar refractivity (Wildman–Crippen MR) is 123 cm³/mol. The molecule has 8 nitrogen and oxygen atoms in total. The van der Waals surface area contributed by atoms with Crippen molar-refractivity contribution in [1.82, 2.24) is 20.9 Å². The van der Waals surface area contributed by atoms with Gasteiger partial charge >= 0.3 is 6.03 Å². The summed E-state index contributed by atoms with van der Waals surface area (Å²) in [5.41, 5.74) is 7.16. The first kappa shape index (κ1) is 24.4. The van der Waals surface area contributed by atoms with Gasteiger partial charge in [0.15, 0.2) is 5.78 Å². The number of benzene rings is 1. The number of fused-ring (bicyclic) bond motifs is 1. The molecule has 1 aromatic heterocycles. The highest BCUT2D eigenvalue weighted by Gasteiger charge is 2.27. The van der Waals surface area contributed by atoms with Gasteiger partial charge in [-0.3, -0.25) is 9.59 Å². The van der Waals surface area contributed by atoms with Crippen molar-refractivity contribution in [3.05, 3.63) is 36.0 Å². The summed E-state index contributed by atoms with van der Waals surface area (Å²) in [6, 6.07) is 6.38. The van der Waals surface area contributed by atoms with E-state index in [2.05, 4.69) is 20.9 Å². The lowest BCUT2D eigenvalue weighted by atomic mass is 9.96. The third-order valence-electron chi connectivity index (χ3n) is 5.15. The summed E-state index contributed by atoms with van der Waals surface area (Å²) in [6.07, 6.45) is 3.40. The maximum Gasteiger partial charge on any atom is 0.312 e. The van der Waals surface area contributed by atoms with Crippen LogP contribution in [-0.2, 0) is 16.0 Å². The van der Waals surface area contributed by atoms with Crippen molar-refractivity contribution in [3.8, 4) is 0 Å². The number of para-hydroxylation sites is 1. The molecule has 0 saturated carbocycles. The fourth-order valence-corrected chi connectivity index (χ4v) is 3.63. The molecule has 0 unspecified atom stereocenters. The molecule has 0 fully saturated rings. The van der Waals surface area contributed by atoms with Crippen molar-refractivity contribution in [2.24, 2.45) is 11.7 Å². The minimum absolute atomic E-state index is 0.0252. The fraction of sp³-hybridized carbons (Fsp3) is 0.522. The monoisotopic (exact) mass is 429 g/mol. The smallest absolute Gasteiger partial charge is 0.312 e. The number of H-pyrrole nitrogens is 1. The average molecular weight is 430 g/mol. The van der Waals surface area contributed by atoms with E-state index in [-0.39, 0.29) is 23.7 Å². The van der Waals surface area contributed by atoms with Crippen molar-refractivity contribution in [2.75, 3.05) is 6.54 Å². The number of urea groups is 1. The number of rotatable bonds is 12. The van der Waals surface area contributed by atoms with Crippen LogP contribution in [0.5, 0.6) is 0 Å². The average Bonchev–Trinajstić information content (AvgIpc) is 3.11. The summed E-state index contributed by atoms with van der Waals surface area (Å²) in [5.74, 6) is -0.441. The van der Waals surface area contributed by atoms with E-state index in [0.29, 0.717) is 25.8 Å². The highest BCUT2D eigenvalue weighted by Crippen LogP contribution is 2.19. The van der Waals surface area contributed by atoms with E-state index in [0.717, 1.165) is 16.5 Å². The largest absolute Gasteiger partial charge is 0.361 e. The molecular formula is C23H35N5O3. The summed E-state index contributed by atoms with van der Waals surface area (Å²) >= 11 is 0. The molecule has 2 aromatic rings. The van der Waals surface area contributed by atoms with Crippen LogP contribution in [0.2, 0.25) is 0 Å². The first-order valence-corrected chi connectivity index (χ1v) is 10.9. The van der Waals surface area contributed by atoms with Crippen LogP contribution in [0.25, 0.3) is 10.9 Å². The number of nitrogens with one attached hydrogen (secondary N) is 4. The Bertz CT molecular complexity index is 890. The van der Waals surface area contributed by atoms with Crippen molar-refractivity contribution in [2.45, 2.75) is 65.1 Å². The van der Waals surface area contributed by atoms with E-state index in [1.807, 2.05) is 58.2 Å². The maximum atomic E-state index is 13.2. The second kappa shape index (κ2) is 11.5. The Kier molecular flexibility index (Phi) is 9.05. The van der Waals surface area contributed by atoms with E-state index < -0.39 is 18.1 Å². The molecule has 0 aliphatic rings. The Balaban J connectivity index is 2.13. The molecule has 2 rings (SSSR count). The first-order chi connectivity index (χ1) is 14.7. The van der Waals surface area contributed by atoms with Gasteiger partial charge in [0.05, 0.1) is 12.1 Å². The van der Waals surface area contributed by atoms with Crippen LogP contribution in [0.3, 0.4) is 0 Å². The number of hydrogen-bond acceptors (Lipinski definition) is 4. The molecule has 31 heavy (non-hydrogen) atoms. The molecule has 8 heteroatoms. The molecule has 0 spiro atoms. The number of carbonyl (C=O) groups is 3. The van der Waals surface area contributed by atoms with Crippen LogP contribution >= 0.6 is 0 Å². The molecule has 0 saturated heterocycles. The summed E-state index contributed by atoms with van der Waals surface area (Å²) in [5, 5.41) is 9.87. The SMILES string of the molecule is CC(C)N[C@@H](Cc1c[nH]c2ccccc12)C(=O)N[C@H](CCCNC(N)=O)C(=O)C(C)C. The summed E-state index contributed by atoms with van der Waals surface area (Å²) in [6.45, 7) is 7.97. The number of amides is 3. The van der Waals surface area contributed by atoms with E-state index in [9.17, 15) is 14.4 Å². The van der Waals surface area contributed by atoms with Crippen LogP contribution in [-0.4, -0.2) is 47.4 Å². The molecule has 0 aliphatic heterocycles. The van der Waals surface area contributed by atoms with E-state index in [4.69, 9.17) is 5.73 Å². The normalized spacial score (nSPS) is 13.4. The van der Waals surface area contributed by atoms with Gasteiger partial charge in [-0.05, 0) is 30.9 Å². The van der Waals surface area contributed by atoms with Gasteiger partial charge in [0.25, 0.3) is 0 Å². The third kappa shape index (κ3) is 7.40. The zero-order valence-corrected chi connectivity index (χ0v) is 18.8. The molecule has 2 atom stereocenters. The summed E-state index contributed by atoms with van der Waals surface area (Å²) in [7, 11) is 0. The number of aromatic nitrogens is 1. The van der Waals surface area contributed by atoms with Crippen LogP contribution in [0, 0.1) is 5.92 Å². The van der Waals surface area contributed by atoms with Crippen molar-refractivity contribution < 1.29 is 14.4 Å². The van der Waals surface area contributed by atoms with Gasteiger partial charge < -0.3 is 26.7 Å². The lowest BCUT2D eigenvalue weighted by Gasteiger charge is -2.25. The molecule has 0 bridgehead atoms. The lowest BCUT2D eigenvalue weighted by molar-refractivity contribution is -0.130. The number of primary amides is 1. The second-order valence-corrected chi connectivity index (χ2v) is 8.49. The minimum Gasteiger partial charge on any atom is -0.361 e. The second-order valence-electron chi connectivity index (χ2n) is 8.49. The van der Waals surface area contributed by atoms with E-state index in [1.54, 1.807) is 0 Å². The summed E-state index contributed by atoms with van der Waals surface area (Å²) < 4.78 is 0. The Labute approximate surface area is 183 Å². The van der Waals surface area contributed by atoms with Gasteiger partial charge in [-0.15, -0.1) is 0 Å². The van der Waals surface area contributed by atoms with E-state index in [1.165, 1.54) is 0 Å². The highest BCUT2D eigenvalue weighted by molar-refractivity contribution is 5.92. The molecule has 170 valence electrons. The minimum atomic E-state index is -0.610. The van der Waals surface area contributed by atoms with Gasteiger partial charge in [0, 0.05) is 35.6 Å². The van der Waals surface area contributed by atoms with Crippen LogP contribution < -0.4 is 21.7 Å². The maximum absolute atomic E-state index is 13.2. The van der Waals surface area contributed by atoms with Gasteiger partial charge in [0.1, 0.15) is 0 Å². The van der Waals surface area contributed by atoms with Crippen LogP contribution in [0.4, 0.5) is 4.79 Å². The number of carbonyl (C=O) groups excluding carboxylic acids is 3.